The minimum atomic E-state index is -4.44. The van der Waals surface area contributed by atoms with Gasteiger partial charge in [-0.1, -0.05) is 0 Å². The molecule has 0 radical (unpaired) electrons. The van der Waals surface area contributed by atoms with E-state index < -0.39 is 17.6 Å². The summed E-state index contributed by atoms with van der Waals surface area (Å²) >= 11 is 0. The molecule has 0 bridgehead atoms. The van der Waals surface area contributed by atoms with Crippen molar-refractivity contribution in [2.75, 3.05) is 11.1 Å². The van der Waals surface area contributed by atoms with Gasteiger partial charge < -0.3 is 11.1 Å². The van der Waals surface area contributed by atoms with E-state index in [1.165, 1.54) is 18.2 Å². The van der Waals surface area contributed by atoms with Crippen LogP contribution in [0.15, 0.2) is 36.4 Å². The van der Waals surface area contributed by atoms with Crippen molar-refractivity contribution in [3.05, 3.63) is 53.3 Å². The van der Waals surface area contributed by atoms with Crippen LogP contribution in [0.2, 0.25) is 0 Å². The van der Waals surface area contributed by atoms with Gasteiger partial charge in [-0.15, -0.1) is 0 Å². The van der Waals surface area contributed by atoms with Crippen molar-refractivity contribution in [3.63, 3.8) is 0 Å². The summed E-state index contributed by atoms with van der Waals surface area (Å²) in [7, 11) is 0. The minimum Gasteiger partial charge on any atom is -0.397 e. The lowest BCUT2D eigenvalue weighted by molar-refractivity contribution is -0.137. The molecule has 0 saturated carbocycles. The molecule has 0 heterocycles. The number of nitrogen functional groups attached to an aromatic ring is 1. The van der Waals surface area contributed by atoms with Gasteiger partial charge in [-0.25, -0.2) is 4.39 Å². The van der Waals surface area contributed by atoms with Gasteiger partial charge in [0.15, 0.2) is 0 Å². The average molecular weight is 284 g/mol. The molecule has 2 rings (SSSR count). The second kappa shape index (κ2) is 5.03. The molecule has 0 aliphatic heterocycles. The molecule has 0 atom stereocenters. The third-order valence-corrected chi connectivity index (χ3v) is 2.70. The number of rotatable bonds is 2. The summed E-state index contributed by atoms with van der Waals surface area (Å²) in [6, 6.07) is 7.24. The van der Waals surface area contributed by atoms with Crippen LogP contribution >= 0.6 is 0 Å². The highest BCUT2D eigenvalue weighted by Crippen LogP contribution is 2.33. The number of benzene rings is 2. The lowest BCUT2D eigenvalue weighted by Gasteiger charge is -2.13. The third-order valence-electron chi connectivity index (χ3n) is 2.70. The highest BCUT2D eigenvalue weighted by atomic mass is 19.4. The van der Waals surface area contributed by atoms with Gasteiger partial charge >= 0.3 is 6.18 Å². The molecule has 106 valence electrons. The van der Waals surface area contributed by atoms with E-state index in [1.807, 2.05) is 0 Å². The van der Waals surface area contributed by atoms with E-state index >= 15 is 0 Å². The predicted octanol–water partition coefficient (Wildman–Crippen LogP) is 4.48. The fourth-order valence-electron chi connectivity index (χ4n) is 1.82. The standard InChI is InChI=1S/C14H12F4N2/c1-8-4-10(15)7-11(5-8)20-13-3-2-9(6-12(13)19)14(16,17)18/h2-7,20H,19H2,1H3. The first-order valence-corrected chi connectivity index (χ1v) is 5.76. The van der Waals surface area contributed by atoms with Gasteiger partial charge in [-0.2, -0.15) is 13.2 Å². The van der Waals surface area contributed by atoms with Crippen LogP contribution in [0.4, 0.5) is 34.6 Å². The van der Waals surface area contributed by atoms with Crippen molar-refractivity contribution in [3.8, 4) is 0 Å². The molecule has 2 aromatic rings. The van der Waals surface area contributed by atoms with E-state index in [0.717, 1.165) is 12.1 Å². The number of alkyl halides is 3. The highest BCUT2D eigenvalue weighted by molar-refractivity contribution is 5.73. The first kappa shape index (κ1) is 14.2. The Morgan fingerprint density at radius 2 is 1.75 bits per heavy atom. The Labute approximate surface area is 113 Å². The molecular weight excluding hydrogens is 272 g/mol. The SMILES string of the molecule is Cc1cc(F)cc(Nc2ccc(C(F)(F)F)cc2N)c1. The van der Waals surface area contributed by atoms with Crippen LogP contribution in [0.3, 0.4) is 0 Å². The topological polar surface area (TPSA) is 38.0 Å². The van der Waals surface area contributed by atoms with Gasteiger partial charge in [0.05, 0.1) is 16.9 Å². The van der Waals surface area contributed by atoms with Gasteiger partial charge in [0.25, 0.3) is 0 Å². The van der Waals surface area contributed by atoms with E-state index in [4.69, 9.17) is 5.73 Å². The van der Waals surface area contributed by atoms with Crippen LogP contribution in [-0.4, -0.2) is 0 Å². The maximum absolute atomic E-state index is 13.2. The number of hydrogen-bond donors (Lipinski definition) is 2. The Hall–Kier alpha value is -2.24. The van der Waals surface area contributed by atoms with Crippen LogP contribution in [0.5, 0.6) is 0 Å². The number of halogens is 4. The predicted molar refractivity (Wildman–Crippen MR) is 70.3 cm³/mol. The van der Waals surface area contributed by atoms with Gasteiger partial charge in [0, 0.05) is 5.69 Å². The van der Waals surface area contributed by atoms with Gasteiger partial charge in [0.2, 0.25) is 0 Å². The number of anilines is 3. The number of aryl methyl sites for hydroxylation is 1. The lowest BCUT2D eigenvalue weighted by Crippen LogP contribution is -2.06. The minimum absolute atomic E-state index is 0.0539. The van der Waals surface area contributed by atoms with Crippen molar-refractivity contribution >= 4 is 17.1 Å². The molecular formula is C14H12F4N2. The summed E-state index contributed by atoms with van der Waals surface area (Å²) in [6.07, 6.45) is -4.44. The molecule has 0 amide bonds. The Morgan fingerprint density at radius 3 is 2.30 bits per heavy atom. The first-order chi connectivity index (χ1) is 9.25. The largest absolute Gasteiger partial charge is 0.416 e. The maximum atomic E-state index is 13.2. The molecule has 0 spiro atoms. The van der Waals surface area contributed by atoms with Crippen molar-refractivity contribution in [1.29, 1.82) is 0 Å². The summed E-state index contributed by atoms with van der Waals surface area (Å²) in [5.41, 5.74) is 6.12. The van der Waals surface area contributed by atoms with E-state index in [1.54, 1.807) is 13.0 Å². The van der Waals surface area contributed by atoms with Gasteiger partial charge in [-0.05, 0) is 48.9 Å². The zero-order chi connectivity index (χ0) is 14.9. The summed E-state index contributed by atoms with van der Waals surface area (Å²) < 4.78 is 50.8. The Kier molecular flexibility index (Phi) is 3.57. The van der Waals surface area contributed by atoms with Crippen molar-refractivity contribution in [1.82, 2.24) is 0 Å². The number of nitrogens with one attached hydrogen (secondary N) is 1. The highest BCUT2D eigenvalue weighted by Gasteiger charge is 2.30. The van der Waals surface area contributed by atoms with Crippen LogP contribution in [0.1, 0.15) is 11.1 Å². The maximum Gasteiger partial charge on any atom is 0.416 e. The summed E-state index contributed by atoms with van der Waals surface area (Å²) in [5.74, 6) is -0.432. The molecule has 0 fully saturated rings. The van der Waals surface area contributed by atoms with Crippen LogP contribution in [-0.2, 0) is 6.18 Å². The first-order valence-electron chi connectivity index (χ1n) is 5.76. The summed E-state index contributed by atoms with van der Waals surface area (Å²) in [6.45, 7) is 1.71. The Balaban J connectivity index is 2.30. The normalized spacial score (nSPS) is 11.4. The smallest absolute Gasteiger partial charge is 0.397 e. The van der Waals surface area contributed by atoms with Crippen LogP contribution < -0.4 is 11.1 Å². The Bertz CT molecular complexity index is 615. The second-order valence-electron chi connectivity index (χ2n) is 4.44. The summed E-state index contributed by atoms with van der Waals surface area (Å²) in [4.78, 5) is 0. The van der Waals surface area contributed by atoms with Gasteiger partial charge in [-0.3, -0.25) is 0 Å². The monoisotopic (exact) mass is 284 g/mol. The van der Waals surface area contributed by atoms with Gasteiger partial charge in [0.1, 0.15) is 5.82 Å². The van der Waals surface area contributed by atoms with E-state index in [2.05, 4.69) is 5.32 Å². The van der Waals surface area contributed by atoms with Crippen molar-refractivity contribution < 1.29 is 17.6 Å². The average Bonchev–Trinajstić information content (AvgIpc) is 2.29. The molecule has 0 aromatic heterocycles. The molecule has 0 aliphatic carbocycles. The molecule has 0 aliphatic rings. The zero-order valence-electron chi connectivity index (χ0n) is 10.6. The number of nitrogens with two attached hydrogens (primary N) is 1. The van der Waals surface area contributed by atoms with Crippen molar-refractivity contribution in [2.24, 2.45) is 0 Å². The molecule has 2 nitrogen and oxygen atoms in total. The Morgan fingerprint density at radius 1 is 1.05 bits per heavy atom. The zero-order valence-corrected chi connectivity index (χ0v) is 10.6. The second-order valence-corrected chi connectivity index (χ2v) is 4.44. The molecule has 0 saturated heterocycles. The fourth-order valence-corrected chi connectivity index (χ4v) is 1.82. The summed E-state index contributed by atoms with van der Waals surface area (Å²) in [5, 5.41) is 2.80. The third kappa shape index (κ3) is 3.20. The van der Waals surface area contributed by atoms with Crippen LogP contribution in [0.25, 0.3) is 0 Å². The number of hydrogen-bond acceptors (Lipinski definition) is 2. The van der Waals surface area contributed by atoms with E-state index in [0.29, 0.717) is 16.9 Å². The van der Waals surface area contributed by atoms with E-state index in [-0.39, 0.29) is 5.69 Å². The molecule has 2 aromatic carbocycles. The molecule has 6 heteroatoms. The fraction of sp³-hybridized carbons (Fsp3) is 0.143. The quantitative estimate of drug-likeness (QED) is 0.630. The van der Waals surface area contributed by atoms with Crippen molar-refractivity contribution in [2.45, 2.75) is 13.1 Å². The lowest BCUT2D eigenvalue weighted by atomic mass is 10.1. The molecule has 20 heavy (non-hydrogen) atoms. The molecule has 0 unspecified atom stereocenters. The van der Waals surface area contributed by atoms with Crippen LogP contribution in [0, 0.1) is 12.7 Å². The molecule has 3 N–H and O–H groups in total. The van der Waals surface area contributed by atoms with E-state index in [9.17, 15) is 17.6 Å².